The van der Waals surface area contributed by atoms with Crippen LogP contribution in [0.25, 0.3) is 0 Å². The van der Waals surface area contributed by atoms with E-state index in [-0.39, 0.29) is 17.8 Å². The van der Waals surface area contributed by atoms with E-state index in [1.807, 2.05) is 0 Å². The van der Waals surface area contributed by atoms with Gasteiger partial charge in [0.1, 0.15) is 5.60 Å². The largest absolute Gasteiger partial charge is 0.465 e. The molecule has 0 aromatic carbocycles. The number of rotatable bonds is 3. The van der Waals surface area contributed by atoms with Crippen LogP contribution in [0.15, 0.2) is 0 Å². The molecule has 0 aromatic heterocycles. The average molecular weight is 340 g/mol. The van der Waals surface area contributed by atoms with Crippen LogP contribution in [-0.2, 0) is 19.6 Å². The van der Waals surface area contributed by atoms with E-state index in [4.69, 9.17) is 9.29 Å². The predicted molar refractivity (Wildman–Crippen MR) is 69.5 cm³/mol. The molecular weight excluding hydrogens is 322 g/mol. The summed E-state index contributed by atoms with van der Waals surface area (Å²) < 4.78 is 61.6. The predicted octanol–water partition coefficient (Wildman–Crippen LogP) is 1.34. The number of ether oxygens (including phenoxy) is 1. The van der Waals surface area contributed by atoms with Gasteiger partial charge in [0.25, 0.3) is 0 Å². The summed E-state index contributed by atoms with van der Waals surface area (Å²) in [6, 6.07) is 0. The van der Waals surface area contributed by atoms with Gasteiger partial charge in [0.05, 0.1) is 5.60 Å². The summed E-state index contributed by atoms with van der Waals surface area (Å²) in [4.78, 5) is 11.6. The fraction of sp³-hybridized carbons (Fsp3) is 0.923. The van der Waals surface area contributed by atoms with Crippen LogP contribution in [0.4, 0.5) is 8.78 Å². The highest BCUT2D eigenvalue weighted by atomic mass is 32.2. The molecule has 0 saturated heterocycles. The van der Waals surface area contributed by atoms with Crippen molar-refractivity contribution in [2.45, 2.75) is 55.5 Å². The Kier molecular flexibility index (Phi) is 3.20. The highest BCUT2D eigenvalue weighted by Crippen LogP contribution is 2.61. The minimum Gasteiger partial charge on any atom is -0.453 e. The van der Waals surface area contributed by atoms with Gasteiger partial charge in [0, 0.05) is 11.8 Å². The lowest BCUT2D eigenvalue weighted by Gasteiger charge is -2.61. The maximum atomic E-state index is 13.4. The molecule has 4 fully saturated rings. The SMILES string of the molecule is CC1(OC(=O)C(F)(F)S(=O)(=O)O)C2CC3CC1CC(O)(C3)C2. The number of carbonyl (C=O) groups excluding carboxylic acids is 1. The summed E-state index contributed by atoms with van der Waals surface area (Å²) >= 11 is 0. The van der Waals surface area contributed by atoms with Gasteiger partial charge in [-0.3, -0.25) is 4.55 Å². The summed E-state index contributed by atoms with van der Waals surface area (Å²) in [6.07, 6.45) is 2.67. The minimum atomic E-state index is -5.87. The Hall–Kier alpha value is -0.800. The average Bonchev–Trinajstić information content (AvgIpc) is 2.32. The molecule has 4 saturated carbocycles. The lowest BCUT2D eigenvalue weighted by Crippen LogP contribution is -2.64. The van der Waals surface area contributed by atoms with Crippen molar-refractivity contribution in [1.82, 2.24) is 0 Å². The van der Waals surface area contributed by atoms with Crippen LogP contribution in [0.2, 0.25) is 0 Å². The van der Waals surface area contributed by atoms with E-state index in [2.05, 4.69) is 0 Å². The molecule has 2 atom stereocenters. The summed E-state index contributed by atoms with van der Waals surface area (Å²) in [7, 11) is -5.87. The van der Waals surface area contributed by atoms with E-state index >= 15 is 0 Å². The first-order valence-corrected chi connectivity index (χ1v) is 8.62. The highest BCUT2D eigenvalue weighted by Gasteiger charge is 2.64. The van der Waals surface area contributed by atoms with E-state index in [0.29, 0.717) is 32.1 Å². The molecule has 0 radical (unpaired) electrons. The fourth-order valence-corrected chi connectivity index (χ4v) is 4.93. The number of aliphatic hydroxyl groups is 1. The van der Waals surface area contributed by atoms with Crippen molar-refractivity contribution in [3.63, 3.8) is 0 Å². The van der Waals surface area contributed by atoms with Crippen molar-refractivity contribution in [3.05, 3.63) is 0 Å². The lowest BCUT2D eigenvalue weighted by molar-refractivity contribution is -0.242. The molecule has 126 valence electrons. The molecule has 0 spiro atoms. The van der Waals surface area contributed by atoms with Gasteiger partial charge in [-0.15, -0.1) is 0 Å². The summed E-state index contributed by atoms with van der Waals surface area (Å²) in [5, 5.41) is 5.45. The quantitative estimate of drug-likeness (QED) is 0.594. The standard InChI is InChI=1S/C13H18F2O6S/c1-11(21-10(16)13(14,15)22(18,19)20)8-2-7-3-9(11)6-12(17,4-7)5-8/h7-9,17H,2-6H2,1H3,(H,18,19,20). The highest BCUT2D eigenvalue weighted by molar-refractivity contribution is 7.87. The molecule has 0 aliphatic heterocycles. The first-order chi connectivity index (χ1) is 9.87. The number of hydrogen-bond donors (Lipinski definition) is 2. The van der Waals surface area contributed by atoms with Crippen molar-refractivity contribution in [2.24, 2.45) is 17.8 Å². The molecule has 4 rings (SSSR count). The maximum absolute atomic E-state index is 13.4. The summed E-state index contributed by atoms with van der Waals surface area (Å²) in [5.74, 6) is -2.55. The van der Waals surface area contributed by atoms with Crippen LogP contribution in [0.3, 0.4) is 0 Å². The zero-order valence-corrected chi connectivity index (χ0v) is 12.8. The smallest absolute Gasteiger partial charge is 0.453 e. The van der Waals surface area contributed by atoms with Crippen LogP contribution in [0.1, 0.15) is 39.0 Å². The molecule has 2 N–H and O–H groups in total. The second kappa shape index (κ2) is 4.39. The van der Waals surface area contributed by atoms with Gasteiger partial charge in [-0.1, -0.05) is 0 Å². The van der Waals surface area contributed by atoms with E-state index in [9.17, 15) is 27.1 Å². The third kappa shape index (κ3) is 2.16. The van der Waals surface area contributed by atoms with Gasteiger partial charge in [-0.2, -0.15) is 17.2 Å². The van der Waals surface area contributed by atoms with E-state index in [1.165, 1.54) is 6.92 Å². The molecule has 22 heavy (non-hydrogen) atoms. The topological polar surface area (TPSA) is 101 Å². The lowest BCUT2D eigenvalue weighted by atomic mass is 9.48. The van der Waals surface area contributed by atoms with Crippen LogP contribution >= 0.6 is 0 Å². The Bertz CT molecular complexity index is 600. The Morgan fingerprint density at radius 1 is 1.23 bits per heavy atom. The summed E-state index contributed by atoms with van der Waals surface area (Å²) in [6.45, 7) is 1.52. The molecule has 4 bridgehead atoms. The van der Waals surface area contributed by atoms with Crippen molar-refractivity contribution < 1.29 is 36.4 Å². The van der Waals surface area contributed by atoms with Crippen molar-refractivity contribution >= 4 is 16.1 Å². The van der Waals surface area contributed by atoms with E-state index < -0.39 is 32.5 Å². The zero-order valence-electron chi connectivity index (χ0n) is 12.0. The van der Waals surface area contributed by atoms with Gasteiger partial charge in [-0.05, 0) is 44.9 Å². The third-order valence-electron chi connectivity index (χ3n) is 5.65. The zero-order chi connectivity index (χ0) is 16.6. The second-order valence-electron chi connectivity index (χ2n) is 7.13. The fourth-order valence-electron chi connectivity index (χ4n) is 4.68. The number of hydrogen-bond acceptors (Lipinski definition) is 5. The van der Waals surface area contributed by atoms with Crippen LogP contribution < -0.4 is 0 Å². The minimum absolute atomic E-state index is 0.274. The number of esters is 1. The van der Waals surface area contributed by atoms with Crippen LogP contribution in [-0.4, -0.2) is 40.5 Å². The molecule has 2 unspecified atom stereocenters. The van der Waals surface area contributed by atoms with Gasteiger partial charge in [0.15, 0.2) is 0 Å². The Morgan fingerprint density at radius 2 is 1.73 bits per heavy atom. The normalized spacial score (nSPS) is 44.1. The van der Waals surface area contributed by atoms with Gasteiger partial charge in [0.2, 0.25) is 0 Å². The number of alkyl halides is 2. The third-order valence-corrected chi connectivity index (χ3v) is 6.47. The second-order valence-corrected chi connectivity index (χ2v) is 8.60. The van der Waals surface area contributed by atoms with Crippen molar-refractivity contribution in [2.75, 3.05) is 0 Å². The van der Waals surface area contributed by atoms with Gasteiger partial charge in [-0.25, -0.2) is 4.79 Å². The molecule has 0 heterocycles. The molecular formula is C13H18F2O6S. The molecule has 6 nitrogen and oxygen atoms in total. The first kappa shape index (κ1) is 16.1. The van der Waals surface area contributed by atoms with Gasteiger partial charge >= 0.3 is 21.3 Å². The molecule has 4 aliphatic rings. The number of halogens is 2. The molecule has 4 aliphatic carbocycles. The Balaban J connectivity index is 1.85. The molecule has 9 heteroatoms. The first-order valence-electron chi connectivity index (χ1n) is 7.18. The van der Waals surface area contributed by atoms with E-state index in [1.54, 1.807) is 0 Å². The molecule has 0 amide bonds. The Labute approximate surface area is 126 Å². The summed E-state index contributed by atoms with van der Waals surface area (Å²) in [5.41, 5.74) is -2.08. The van der Waals surface area contributed by atoms with Crippen LogP contribution in [0.5, 0.6) is 0 Å². The van der Waals surface area contributed by atoms with Gasteiger partial charge < -0.3 is 9.84 Å². The van der Waals surface area contributed by atoms with Crippen LogP contribution in [0, 0.1) is 17.8 Å². The van der Waals surface area contributed by atoms with Crippen molar-refractivity contribution in [3.8, 4) is 0 Å². The van der Waals surface area contributed by atoms with Crippen molar-refractivity contribution in [1.29, 1.82) is 0 Å². The molecule has 0 aromatic rings. The van der Waals surface area contributed by atoms with E-state index in [0.717, 1.165) is 0 Å². The maximum Gasteiger partial charge on any atom is 0.465 e. The number of carbonyl (C=O) groups is 1. The Morgan fingerprint density at radius 3 is 2.14 bits per heavy atom. The monoisotopic (exact) mass is 340 g/mol.